The van der Waals surface area contributed by atoms with Crippen molar-refractivity contribution < 1.29 is 14.3 Å². The highest BCUT2D eigenvalue weighted by Gasteiger charge is 2.20. The number of ether oxygens (including phenoxy) is 1. The third kappa shape index (κ3) is 6.26. The lowest BCUT2D eigenvalue weighted by Gasteiger charge is -2.33. The Morgan fingerprint density at radius 1 is 1.18 bits per heavy atom. The van der Waals surface area contributed by atoms with Crippen molar-refractivity contribution in [2.24, 2.45) is 0 Å². The number of aromatic nitrogens is 7. The number of rotatable bonds is 10. The summed E-state index contributed by atoms with van der Waals surface area (Å²) in [5, 5.41) is 21.0. The summed E-state index contributed by atoms with van der Waals surface area (Å²) < 4.78 is 5.13. The van der Waals surface area contributed by atoms with Crippen LogP contribution in [0.1, 0.15) is 27.9 Å². The Labute approximate surface area is 227 Å². The molecule has 0 spiro atoms. The number of hydrogen-bond acceptors (Lipinski definition) is 13. The van der Waals surface area contributed by atoms with Crippen LogP contribution in [0.5, 0.6) is 0 Å². The van der Waals surface area contributed by atoms with Crippen LogP contribution in [0.3, 0.4) is 0 Å². The molecule has 0 bridgehead atoms. The number of nitrogens with zero attached hydrogens (tertiary/aromatic N) is 8. The van der Waals surface area contributed by atoms with Gasteiger partial charge in [-0.05, 0) is 35.9 Å². The van der Waals surface area contributed by atoms with Crippen molar-refractivity contribution >= 4 is 46.4 Å². The summed E-state index contributed by atoms with van der Waals surface area (Å²) >= 11 is 1.19. The summed E-state index contributed by atoms with van der Waals surface area (Å²) in [6, 6.07) is 9.73. The molecular weight excluding hydrogens is 522 g/mol. The first-order valence-electron chi connectivity index (χ1n) is 12.3. The quantitative estimate of drug-likeness (QED) is 0.195. The van der Waals surface area contributed by atoms with E-state index in [0.29, 0.717) is 71.8 Å². The summed E-state index contributed by atoms with van der Waals surface area (Å²) in [6.07, 6.45) is 0.867. The van der Waals surface area contributed by atoms with E-state index >= 15 is 0 Å². The second kappa shape index (κ2) is 11.8. The predicted molar refractivity (Wildman–Crippen MR) is 145 cm³/mol. The van der Waals surface area contributed by atoms with Gasteiger partial charge in [0.05, 0.1) is 12.3 Å². The van der Waals surface area contributed by atoms with Crippen molar-refractivity contribution in [3.63, 3.8) is 0 Å². The van der Waals surface area contributed by atoms with Crippen LogP contribution >= 0.6 is 11.3 Å². The molecule has 3 N–H and O–H groups in total. The van der Waals surface area contributed by atoms with Gasteiger partial charge in [-0.1, -0.05) is 29.5 Å². The van der Waals surface area contributed by atoms with Gasteiger partial charge in [0.1, 0.15) is 16.5 Å². The molecule has 202 valence electrons. The van der Waals surface area contributed by atoms with Gasteiger partial charge < -0.3 is 19.9 Å². The molecule has 5 rings (SSSR count). The molecule has 1 amide bonds. The molecule has 0 radical (unpaired) electrons. The highest BCUT2D eigenvalue weighted by Crippen LogP contribution is 2.28. The Morgan fingerprint density at radius 2 is 2.03 bits per heavy atom. The second-order valence-corrected chi connectivity index (χ2v) is 9.65. The van der Waals surface area contributed by atoms with E-state index in [0.717, 1.165) is 17.5 Å². The molecule has 0 saturated carbocycles. The summed E-state index contributed by atoms with van der Waals surface area (Å²) in [4.78, 5) is 41.5. The van der Waals surface area contributed by atoms with Crippen LogP contribution in [0.25, 0.3) is 11.4 Å². The number of tetrazole rings is 1. The van der Waals surface area contributed by atoms with Gasteiger partial charge >= 0.3 is 5.97 Å². The van der Waals surface area contributed by atoms with Crippen molar-refractivity contribution in [3.8, 4) is 11.4 Å². The minimum Gasteiger partial charge on any atom is -0.462 e. The third-order valence-corrected chi connectivity index (χ3v) is 7.05. The van der Waals surface area contributed by atoms with Crippen LogP contribution < -0.4 is 15.5 Å². The molecule has 39 heavy (non-hydrogen) atoms. The van der Waals surface area contributed by atoms with E-state index in [-0.39, 0.29) is 6.61 Å². The van der Waals surface area contributed by atoms with Gasteiger partial charge in [-0.15, -0.1) is 5.10 Å². The molecule has 3 aromatic heterocycles. The van der Waals surface area contributed by atoms with Crippen LogP contribution in [0.15, 0.2) is 30.3 Å². The van der Waals surface area contributed by atoms with Crippen molar-refractivity contribution in [1.29, 1.82) is 0 Å². The fraction of sp³-hybridized carbons (Fsp3) is 0.333. The molecular formula is C24H27N11O3S. The number of thiazole rings is 1. The molecule has 1 saturated heterocycles. The van der Waals surface area contributed by atoms with Gasteiger partial charge in [-0.25, -0.2) is 14.9 Å². The first-order valence-corrected chi connectivity index (χ1v) is 13.2. The Balaban J connectivity index is 1.38. The number of benzene rings is 1. The van der Waals surface area contributed by atoms with Crippen LogP contribution in [0, 0.1) is 6.92 Å². The number of aryl methyl sites for hydroxylation is 1. The average Bonchev–Trinajstić information content (AvgIpc) is 3.62. The molecule has 0 aliphatic carbocycles. The molecule has 1 aromatic carbocycles. The number of piperazine rings is 1. The van der Waals surface area contributed by atoms with Crippen molar-refractivity contribution in [2.45, 2.75) is 20.4 Å². The molecule has 4 heterocycles. The number of amides is 1. The summed E-state index contributed by atoms with van der Waals surface area (Å²) in [5.74, 6) is 1.82. The normalized spacial score (nSPS) is 13.3. The Morgan fingerprint density at radius 3 is 2.77 bits per heavy atom. The number of esters is 1. The van der Waals surface area contributed by atoms with Gasteiger partial charge in [0.2, 0.25) is 12.4 Å². The lowest BCUT2D eigenvalue weighted by Crippen LogP contribution is -2.46. The van der Waals surface area contributed by atoms with Gasteiger partial charge in [-0.3, -0.25) is 10.1 Å². The molecule has 1 fully saturated rings. The molecule has 0 unspecified atom stereocenters. The Bertz CT molecular complexity index is 1440. The van der Waals surface area contributed by atoms with Crippen LogP contribution in [0.4, 0.5) is 22.7 Å². The summed E-state index contributed by atoms with van der Waals surface area (Å²) in [7, 11) is 0. The third-order valence-electron chi connectivity index (χ3n) is 6.00. The topological polar surface area (TPSA) is 167 Å². The molecule has 1 aliphatic heterocycles. The molecule has 0 atom stereocenters. The van der Waals surface area contributed by atoms with E-state index in [1.807, 2.05) is 30.3 Å². The van der Waals surface area contributed by atoms with Gasteiger partial charge in [-0.2, -0.15) is 9.97 Å². The fourth-order valence-electron chi connectivity index (χ4n) is 4.03. The monoisotopic (exact) mass is 549 g/mol. The van der Waals surface area contributed by atoms with E-state index in [9.17, 15) is 9.59 Å². The fourth-order valence-corrected chi connectivity index (χ4v) is 4.89. The largest absolute Gasteiger partial charge is 0.462 e. The van der Waals surface area contributed by atoms with Crippen LogP contribution in [-0.4, -0.2) is 85.6 Å². The minimum absolute atomic E-state index is 0.286. The van der Waals surface area contributed by atoms with Crippen molar-refractivity contribution in [3.05, 3.63) is 46.5 Å². The van der Waals surface area contributed by atoms with Gasteiger partial charge in [0.25, 0.3) is 0 Å². The second-order valence-electron chi connectivity index (χ2n) is 8.65. The average molecular weight is 550 g/mol. The zero-order chi connectivity index (χ0) is 27.2. The maximum absolute atomic E-state index is 12.2. The van der Waals surface area contributed by atoms with Crippen LogP contribution in [-0.2, 0) is 16.1 Å². The SMILES string of the molecule is CCOC(=O)c1sc(Nc2nc(NCc3cccc(-c4nnn[nH]4)c3)cc(N3CCN(C=O)CC3)n2)nc1C. The molecule has 15 heteroatoms. The van der Waals surface area contributed by atoms with E-state index in [4.69, 9.17) is 9.72 Å². The Kier molecular flexibility index (Phi) is 7.86. The number of carbonyl (C=O) groups excluding carboxylic acids is 2. The van der Waals surface area contributed by atoms with Crippen LogP contribution in [0.2, 0.25) is 0 Å². The lowest BCUT2D eigenvalue weighted by molar-refractivity contribution is -0.118. The van der Waals surface area contributed by atoms with E-state index < -0.39 is 5.97 Å². The maximum atomic E-state index is 12.2. The number of anilines is 4. The number of H-pyrrole nitrogens is 1. The van der Waals surface area contributed by atoms with Crippen molar-refractivity contribution in [2.75, 3.05) is 48.3 Å². The predicted octanol–water partition coefficient (Wildman–Crippen LogP) is 2.23. The van der Waals surface area contributed by atoms with E-state index in [2.05, 4.69) is 46.1 Å². The smallest absolute Gasteiger partial charge is 0.350 e. The summed E-state index contributed by atoms with van der Waals surface area (Å²) in [6.45, 7) is 6.80. The zero-order valence-corrected chi connectivity index (χ0v) is 22.2. The minimum atomic E-state index is -0.408. The highest BCUT2D eigenvalue weighted by atomic mass is 32.1. The van der Waals surface area contributed by atoms with Gasteiger partial charge in [0, 0.05) is 44.4 Å². The van der Waals surface area contributed by atoms with E-state index in [1.165, 1.54) is 11.3 Å². The lowest BCUT2D eigenvalue weighted by atomic mass is 10.1. The van der Waals surface area contributed by atoms with Crippen molar-refractivity contribution in [1.82, 2.24) is 40.5 Å². The van der Waals surface area contributed by atoms with E-state index in [1.54, 1.807) is 18.7 Å². The zero-order valence-electron chi connectivity index (χ0n) is 21.4. The summed E-state index contributed by atoms with van der Waals surface area (Å²) in [5.41, 5.74) is 2.45. The number of aromatic amines is 1. The maximum Gasteiger partial charge on any atom is 0.350 e. The first kappa shape index (κ1) is 26.0. The molecule has 14 nitrogen and oxygen atoms in total. The number of nitrogens with one attached hydrogen (secondary N) is 3. The first-order chi connectivity index (χ1) is 19.0. The standard InChI is InChI=1S/C24H27N11O3S/c1-3-38-22(37)20-15(2)26-24(39-20)29-23-27-18(12-19(28-23)35-9-7-34(14-36)8-10-35)25-13-16-5-4-6-17(11-16)21-30-32-33-31-21/h4-6,11-12,14H,3,7-10,13H2,1-2H3,(H,30,31,32,33)(H2,25,26,27,28,29). The molecule has 1 aliphatic rings. The highest BCUT2D eigenvalue weighted by molar-refractivity contribution is 7.17. The van der Waals surface area contributed by atoms with Gasteiger partial charge in [0.15, 0.2) is 11.0 Å². The molecule has 4 aromatic rings. The number of carbonyl (C=O) groups is 2. The number of hydrogen-bond donors (Lipinski definition) is 3. The Hall–Kier alpha value is -4.66.